The van der Waals surface area contributed by atoms with E-state index in [0.29, 0.717) is 11.6 Å². The van der Waals surface area contributed by atoms with Crippen molar-refractivity contribution in [2.75, 3.05) is 5.73 Å². The van der Waals surface area contributed by atoms with E-state index in [9.17, 15) is 5.11 Å². The summed E-state index contributed by atoms with van der Waals surface area (Å²) in [6.07, 6.45) is 0.00486. The molecule has 0 aliphatic carbocycles. The minimum atomic E-state index is -0.507. The summed E-state index contributed by atoms with van der Waals surface area (Å²) in [7, 11) is 0. The van der Waals surface area contributed by atoms with E-state index in [2.05, 4.69) is 4.98 Å². The van der Waals surface area contributed by atoms with Crippen LogP contribution in [0, 0.1) is 0 Å². The summed E-state index contributed by atoms with van der Waals surface area (Å²) in [6, 6.07) is 9.56. The second kappa shape index (κ2) is 4.42. The normalized spacial score (nSPS) is 12.6. The molecule has 0 radical (unpaired) electrons. The van der Waals surface area contributed by atoms with Gasteiger partial charge in [-0.25, -0.2) is 4.98 Å². The molecule has 0 saturated heterocycles. The average Bonchev–Trinajstić information content (AvgIpc) is 2.65. The summed E-state index contributed by atoms with van der Waals surface area (Å²) < 4.78 is 0. The van der Waals surface area contributed by atoms with E-state index < -0.39 is 6.10 Å². The highest BCUT2D eigenvalue weighted by atomic mass is 32.1. The van der Waals surface area contributed by atoms with Crippen molar-refractivity contribution in [2.24, 2.45) is 0 Å². The van der Waals surface area contributed by atoms with E-state index in [1.807, 2.05) is 35.7 Å². The highest BCUT2D eigenvalue weighted by molar-refractivity contribution is 7.13. The number of nitrogen functional groups attached to an aromatic ring is 1. The third-order valence-corrected chi connectivity index (χ3v) is 2.88. The molecule has 2 aromatic rings. The highest BCUT2D eigenvalue weighted by Gasteiger charge is 2.09. The number of aliphatic hydroxyl groups excluding tert-OH is 1. The van der Waals surface area contributed by atoms with Crippen molar-refractivity contribution in [3.05, 3.63) is 47.0 Å². The monoisotopic (exact) mass is 220 g/mol. The van der Waals surface area contributed by atoms with Crippen molar-refractivity contribution in [1.29, 1.82) is 0 Å². The molecule has 0 amide bonds. The molecule has 3 N–H and O–H groups in total. The first-order valence-electron chi connectivity index (χ1n) is 4.68. The number of thiazole rings is 1. The third kappa shape index (κ3) is 2.55. The van der Waals surface area contributed by atoms with E-state index in [1.165, 1.54) is 11.3 Å². The lowest BCUT2D eigenvalue weighted by atomic mass is 10.1. The molecule has 0 aliphatic rings. The maximum atomic E-state index is 9.91. The first kappa shape index (κ1) is 10.1. The van der Waals surface area contributed by atoms with Crippen LogP contribution in [0.15, 0.2) is 35.7 Å². The smallest absolute Gasteiger partial charge is 0.180 e. The van der Waals surface area contributed by atoms with Crippen LogP contribution in [0.1, 0.15) is 17.4 Å². The summed E-state index contributed by atoms with van der Waals surface area (Å²) in [5.41, 5.74) is 7.27. The molecule has 0 bridgehead atoms. The molecule has 3 nitrogen and oxygen atoms in total. The van der Waals surface area contributed by atoms with Crippen LogP contribution >= 0.6 is 11.3 Å². The third-order valence-electron chi connectivity index (χ3n) is 2.16. The summed E-state index contributed by atoms with van der Waals surface area (Å²) in [5.74, 6) is 0. The Balaban J connectivity index is 2.07. The SMILES string of the molecule is Nc1nc(CC(O)c2ccccc2)cs1. The van der Waals surface area contributed by atoms with Crippen LogP contribution in [0.5, 0.6) is 0 Å². The molecule has 0 aliphatic heterocycles. The quantitative estimate of drug-likeness (QED) is 0.831. The van der Waals surface area contributed by atoms with Crippen LogP contribution in [-0.2, 0) is 6.42 Å². The summed E-state index contributed by atoms with van der Waals surface area (Å²) in [4.78, 5) is 4.11. The standard InChI is InChI=1S/C11H12N2OS/c12-11-13-9(7-15-11)6-10(14)8-4-2-1-3-5-8/h1-5,7,10,14H,6H2,(H2,12,13). The number of nitrogens with zero attached hydrogens (tertiary/aromatic N) is 1. The average molecular weight is 220 g/mol. The molecule has 4 heteroatoms. The van der Waals surface area contributed by atoms with Gasteiger partial charge in [-0.1, -0.05) is 30.3 Å². The Morgan fingerprint density at radius 2 is 2.07 bits per heavy atom. The molecule has 0 saturated carbocycles. The Bertz CT molecular complexity index is 427. The number of anilines is 1. The fraction of sp³-hybridized carbons (Fsp3) is 0.182. The topological polar surface area (TPSA) is 59.1 Å². The predicted octanol–water partition coefficient (Wildman–Crippen LogP) is 2.00. The van der Waals surface area contributed by atoms with Crippen molar-refractivity contribution in [3.8, 4) is 0 Å². The predicted molar refractivity (Wildman–Crippen MR) is 61.6 cm³/mol. The fourth-order valence-corrected chi connectivity index (χ4v) is 1.98. The van der Waals surface area contributed by atoms with Gasteiger partial charge < -0.3 is 10.8 Å². The largest absolute Gasteiger partial charge is 0.388 e. The Kier molecular flexibility index (Phi) is 2.99. The van der Waals surface area contributed by atoms with Crippen molar-refractivity contribution in [2.45, 2.75) is 12.5 Å². The van der Waals surface area contributed by atoms with E-state index in [0.717, 1.165) is 11.3 Å². The van der Waals surface area contributed by atoms with Gasteiger partial charge in [-0.15, -0.1) is 11.3 Å². The zero-order valence-electron chi connectivity index (χ0n) is 8.13. The number of aliphatic hydroxyl groups is 1. The number of nitrogens with two attached hydrogens (primary N) is 1. The van der Waals surface area contributed by atoms with E-state index in [-0.39, 0.29) is 0 Å². The van der Waals surface area contributed by atoms with Crippen LogP contribution in [-0.4, -0.2) is 10.1 Å². The Morgan fingerprint density at radius 1 is 1.33 bits per heavy atom. The molecular formula is C11H12N2OS. The van der Waals surface area contributed by atoms with Gasteiger partial charge in [0.25, 0.3) is 0 Å². The van der Waals surface area contributed by atoms with Gasteiger partial charge in [-0.05, 0) is 5.56 Å². The second-order valence-corrected chi connectivity index (χ2v) is 4.20. The van der Waals surface area contributed by atoms with Gasteiger partial charge in [0.2, 0.25) is 0 Å². The van der Waals surface area contributed by atoms with Gasteiger partial charge in [0.1, 0.15) is 0 Å². The lowest BCUT2D eigenvalue weighted by Gasteiger charge is -2.08. The Morgan fingerprint density at radius 3 is 2.67 bits per heavy atom. The molecule has 0 spiro atoms. The number of hydrogen-bond donors (Lipinski definition) is 2. The van der Waals surface area contributed by atoms with Crippen molar-refractivity contribution in [1.82, 2.24) is 4.98 Å². The molecule has 1 heterocycles. The van der Waals surface area contributed by atoms with E-state index >= 15 is 0 Å². The number of benzene rings is 1. The molecule has 1 atom stereocenters. The van der Waals surface area contributed by atoms with Crippen LogP contribution < -0.4 is 5.73 Å². The van der Waals surface area contributed by atoms with Crippen LogP contribution in [0.25, 0.3) is 0 Å². The zero-order valence-corrected chi connectivity index (χ0v) is 8.95. The van der Waals surface area contributed by atoms with Gasteiger partial charge in [0.15, 0.2) is 5.13 Å². The fourth-order valence-electron chi connectivity index (χ4n) is 1.41. The molecular weight excluding hydrogens is 208 g/mol. The molecule has 78 valence electrons. The number of aromatic nitrogens is 1. The minimum Gasteiger partial charge on any atom is -0.388 e. The number of rotatable bonds is 3. The Labute approximate surface area is 92.2 Å². The van der Waals surface area contributed by atoms with Gasteiger partial charge in [0.05, 0.1) is 11.8 Å². The molecule has 1 aromatic heterocycles. The lowest BCUT2D eigenvalue weighted by Crippen LogP contribution is -2.01. The van der Waals surface area contributed by atoms with Crippen LogP contribution in [0.3, 0.4) is 0 Å². The highest BCUT2D eigenvalue weighted by Crippen LogP contribution is 2.20. The summed E-state index contributed by atoms with van der Waals surface area (Å²) in [6.45, 7) is 0. The molecule has 2 rings (SSSR count). The maximum Gasteiger partial charge on any atom is 0.180 e. The van der Waals surface area contributed by atoms with Crippen LogP contribution in [0.4, 0.5) is 5.13 Å². The van der Waals surface area contributed by atoms with Gasteiger partial charge >= 0.3 is 0 Å². The molecule has 15 heavy (non-hydrogen) atoms. The van der Waals surface area contributed by atoms with Gasteiger partial charge in [-0.2, -0.15) is 0 Å². The first-order valence-corrected chi connectivity index (χ1v) is 5.56. The van der Waals surface area contributed by atoms with Crippen molar-refractivity contribution in [3.63, 3.8) is 0 Å². The summed E-state index contributed by atoms with van der Waals surface area (Å²) in [5, 5.41) is 12.3. The first-order chi connectivity index (χ1) is 7.25. The summed E-state index contributed by atoms with van der Waals surface area (Å²) >= 11 is 1.40. The van der Waals surface area contributed by atoms with Crippen LogP contribution in [0.2, 0.25) is 0 Å². The molecule has 0 fully saturated rings. The zero-order chi connectivity index (χ0) is 10.7. The molecule has 1 unspecified atom stereocenters. The van der Waals surface area contributed by atoms with Crippen molar-refractivity contribution < 1.29 is 5.11 Å². The minimum absolute atomic E-state index is 0.507. The van der Waals surface area contributed by atoms with E-state index in [4.69, 9.17) is 5.73 Å². The number of hydrogen-bond acceptors (Lipinski definition) is 4. The molecule has 1 aromatic carbocycles. The van der Waals surface area contributed by atoms with E-state index in [1.54, 1.807) is 0 Å². The Hall–Kier alpha value is -1.39. The van der Waals surface area contributed by atoms with Crippen molar-refractivity contribution >= 4 is 16.5 Å². The lowest BCUT2D eigenvalue weighted by molar-refractivity contribution is 0.177. The maximum absolute atomic E-state index is 9.91. The second-order valence-electron chi connectivity index (χ2n) is 3.31. The van der Waals surface area contributed by atoms with Gasteiger partial charge in [-0.3, -0.25) is 0 Å². The van der Waals surface area contributed by atoms with Gasteiger partial charge in [0, 0.05) is 11.8 Å².